The molecular formula is C55H34N4O. The summed E-state index contributed by atoms with van der Waals surface area (Å²) in [5.41, 5.74) is 12.3. The third-order valence-corrected chi connectivity index (χ3v) is 11.7. The number of rotatable bonds is 6. The summed E-state index contributed by atoms with van der Waals surface area (Å²) >= 11 is 0. The Morgan fingerprint density at radius 3 is 1.73 bits per heavy atom. The average molecular weight is 767 g/mol. The quantitative estimate of drug-likeness (QED) is 0.169. The Labute approximate surface area is 345 Å². The molecule has 0 N–H and O–H groups in total. The number of hydrogen-bond donors (Lipinski definition) is 0. The van der Waals surface area contributed by atoms with Crippen LogP contribution >= 0.6 is 0 Å². The summed E-state index contributed by atoms with van der Waals surface area (Å²) in [5.74, 6) is 1.75. The van der Waals surface area contributed by atoms with Crippen molar-refractivity contribution in [1.29, 1.82) is 0 Å². The largest absolute Gasteiger partial charge is 0.455 e. The van der Waals surface area contributed by atoms with Crippen molar-refractivity contribution >= 4 is 54.5 Å². The zero-order valence-corrected chi connectivity index (χ0v) is 32.3. The molecule has 3 heterocycles. The van der Waals surface area contributed by atoms with Crippen LogP contribution in [0.3, 0.4) is 0 Å². The van der Waals surface area contributed by atoms with Crippen LogP contribution in [-0.2, 0) is 0 Å². The van der Waals surface area contributed by atoms with Gasteiger partial charge in [-0.1, -0.05) is 182 Å². The van der Waals surface area contributed by atoms with E-state index in [-0.39, 0.29) is 0 Å². The number of fused-ring (bicyclic) bond motifs is 7. The summed E-state index contributed by atoms with van der Waals surface area (Å²) in [7, 11) is 0. The number of para-hydroxylation sites is 3. The van der Waals surface area contributed by atoms with Gasteiger partial charge in [0, 0.05) is 38.2 Å². The Hall–Kier alpha value is -8.15. The normalized spacial score (nSPS) is 11.7. The van der Waals surface area contributed by atoms with E-state index >= 15 is 0 Å². The molecule has 0 saturated heterocycles. The molecule has 0 saturated carbocycles. The monoisotopic (exact) mass is 766 g/mol. The van der Waals surface area contributed by atoms with E-state index < -0.39 is 0 Å². The molecule has 0 amide bonds. The van der Waals surface area contributed by atoms with Gasteiger partial charge in [0.2, 0.25) is 5.95 Å². The molecule has 0 atom stereocenters. The van der Waals surface area contributed by atoms with Crippen LogP contribution in [0.1, 0.15) is 0 Å². The summed E-state index contributed by atoms with van der Waals surface area (Å²) in [6.45, 7) is 0. The third-order valence-electron chi connectivity index (χ3n) is 11.7. The highest BCUT2D eigenvalue weighted by Crippen LogP contribution is 2.41. The summed E-state index contributed by atoms with van der Waals surface area (Å²) in [5, 5.41) is 6.84. The second-order valence-corrected chi connectivity index (χ2v) is 15.2. The van der Waals surface area contributed by atoms with Crippen molar-refractivity contribution in [2.45, 2.75) is 0 Å². The average Bonchev–Trinajstić information content (AvgIpc) is 3.87. The lowest BCUT2D eigenvalue weighted by Crippen LogP contribution is -2.06. The first-order valence-corrected chi connectivity index (χ1v) is 20.2. The molecule has 5 heteroatoms. The van der Waals surface area contributed by atoms with E-state index in [1.54, 1.807) is 0 Å². The van der Waals surface area contributed by atoms with E-state index in [4.69, 9.17) is 19.4 Å². The van der Waals surface area contributed by atoms with Gasteiger partial charge in [-0.2, -0.15) is 9.97 Å². The Kier molecular flexibility index (Phi) is 7.78. The lowest BCUT2D eigenvalue weighted by atomic mass is 9.91. The van der Waals surface area contributed by atoms with Crippen LogP contribution in [0.25, 0.3) is 117 Å². The van der Waals surface area contributed by atoms with Crippen LogP contribution in [0, 0.1) is 0 Å². The molecule has 0 aliphatic rings. The minimum Gasteiger partial charge on any atom is -0.455 e. The minimum absolute atomic E-state index is 0.547. The van der Waals surface area contributed by atoms with Crippen LogP contribution in [0.5, 0.6) is 0 Å². The molecule has 0 bridgehead atoms. The lowest BCUT2D eigenvalue weighted by Gasteiger charge is -2.14. The standard InChI is InChI=1S/C55H34N4O/c1-3-15-35(16-4-1)41-25-12-19-36-20-13-26-42(51(36)41)38-21-11-22-40(33-38)54-56-53(37-17-5-2-6-18-37)57-55(58-54)59-48-29-9-7-23-44(48)45-32-31-39(34-49(45)59)43-27-14-28-47-46-24-8-10-30-50(46)60-52(43)47/h1-34H. The van der Waals surface area contributed by atoms with Crippen molar-refractivity contribution in [3.63, 3.8) is 0 Å². The second-order valence-electron chi connectivity index (χ2n) is 15.2. The fourth-order valence-corrected chi connectivity index (χ4v) is 8.90. The Balaban J connectivity index is 1.07. The van der Waals surface area contributed by atoms with E-state index in [2.05, 4.69) is 180 Å². The Morgan fingerprint density at radius 1 is 0.350 bits per heavy atom. The van der Waals surface area contributed by atoms with Crippen molar-refractivity contribution in [2.24, 2.45) is 0 Å². The predicted molar refractivity (Wildman–Crippen MR) is 246 cm³/mol. The van der Waals surface area contributed by atoms with Crippen LogP contribution in [0.4, 0.5) is 0 Å². The van der Waals surface area contributed by atoms with Gasteiger partial charge >= 0.3 is 0 Å². The maximum atomic E-state index is 6.51. The van der Waals surface area contributed by atoms with E-state index in [0.29, 0.717) is 17.6 Å². The highest BCUT2D eigenvalue weighted by atomic mass is 16.3. The van der Waals surface area contributed by atoms with Crippen molar-refractivity contribution in [2.75, 3.05) is 0 Å². The van der Waals surface area contributed by atoms with Gasteiger partial charge in [0.25, 0.3) is 0 Å². The topological polar surface area (TPSA) is 56.7 Å². The summed E-state index contributed by atoms with van der Waals surface area (Å²) in [6, 6.07) is 72.2. The Bertz CT molecular complexity index is 3600. The van der Waals surface area contributed by atoms with Gasteiger partial charge < -0.3 is 4.42 Å². The molecule has 12 rings (SSSR count). The first-order chi connectivity index (χ1) is 29.7. The fraction of sp³-hybridized carbons (Fsp3) is 0. The first-order valence-electron chi connectivity index (χ1n) is 20.2. The molecule has 5 nitrogen and oxygen atoms in total. The van der Waals surface area contributed by atoms with Crippen LogP contribution in [0.15, 0.2) is 211 Å². The smallest absolute Gasteiger partial charge is 0.238 e. The molecule has 280 valence electrons. The molecule has 0 radical (unpaired) electrons. The van der Waals surface area contributed by atoms with Gasteiger partial charge in [-0.3, -0.25) is 4.57 Å². The van der Waals surface area contributed by atoms with Gasteiger partial charge in [-0.25, -0.2) is 4.98 Å². The first kappa shape index (κ1) is 33.9. The van der Waals surface area contributed by atoms with Crippen molar-refractivity contribution < 1.29 is 4.42 Å². The highest BCUT2D eigenvalue weighted by molar-refractivity contribution is 6.13. The molecular weight excluding hydrogens is 733 g/mol. The van der Waals surface area contributed by atoms with E-state index in [9.17, 15) is 0 Å². The van der Waals surface area contributed by atoms with Crippen molar-refractivity contribution in [1.82, 2.24) is 19.5 Å². The van der Waals surface area contributed by atoms with Gasteiger partial charge in [-0.15, -0.1) is 0 Å². The van der Waals surface area contributed by atoms with Crippen LogP contribution in [-0.4, -0.2) is 19.5 Å². The number of nitrogens with zero attached hydrogens (tertiary/aromatic N) is 4. The van der Waals surface area contributed by atoms with E-state index in [1.807, 2.05) is 30.3 Å². The number of aromatic nitrogens is 4. The molecule has 60 heavy (non-hydrogen) atoms. The maximum absolute atomic E-state index is 6.51. The zero-order valence-electron chi connectivity index (χ0n) is 32.3. The zero-order chi connectivity index (χ0) is 39.6. The molecule has 0 fully saturated rings. The van der Waals surface area contributed by atoms with Gasteiger partial charge in [0.05, 0.1) is 11.0 Å². The SMILES string of the molecule is c1ccc(-c2nc(-c3cccc(-c4cccc5cccc(-c6ccccc6)c45)c3)nc(-n3c4ccccc4c4ccc(-c5cccc6c5oc5ccccc56)cc43)n2)cc1. The molecule has 0 unspecified atom stereocenters. The molecule has 0 spiro atoms. The van der Waals surface area contributed by atoms with E-state index in [1.165, 1.54) is 21.9 Å². The van der Waals surface area contributed by atoms with Crippen molar-refractivity contribution in [3.8, 4) is 62.1 Å². The maximum Gasteiger partial charge on any atom is 0.238 e. The number of hydrogen-bond acceptors (Lipinski definition) is 4. The third kappa shape index (κ3) is 5.52. The summed E-state index contributed by atoms with van der Waals surface area (Å²) < 4.78 is 8.69. The molecule has 9 aromatic carbocycles. The minimum atomic E-state index is 0.547. The Morgan fingerprint density at radius 2 is 0.917 bits per heavy atom. The van der Waals surface area contributed by atoms with Gasteiger partial charge in [0.15, 0.2) is 11.6 Å². The fourth-order valence-electron chi connectivity index (χ4n) is 8.90. The van der Waals surface area contributed by atoms with Crippen molar-refractivity contribution in [3.05, 3.63) is 206 Å². The van der Waals surface area contributed by atoms with Crippen LogP contribution in [0.2, 0.25) is 0 Å². The van der Waals surface area contributed by atoms with Crippen LogP contribution < -0.4 is 0 Å². The summed E-state index contributed by atoms with van der Waals surface area (Å²) in [4.78, 5) is 15.8. The van der Waals surface area contributed by atoms with Gasteiger partial charge in [0.1, 0.15) is 11.2 Å². The second kappa shape index (κ2) is 13.8. The number of furan rings is 1. The van der Waals surface area contributed by atoms with Gasteiger partial charge in [-0.05, 0) is 62.9 Å². The molecule has 0 aliphatic heterocycles. The van der Waals surface area contributed by atoms with E-state index in [0.717, 1.165) is 77.1 Å². The number of benzene rings is 9. The summed E-state index contributed by atoms with van der Waals surface area (Å²) in [6.07, 6.45) is 0. The lowest BCUT2D eigenvalue weighted by molar-refractivity contribution is 0.670. The predicted octanol–water partition coefficient (Wildman–Crippen LogP) is 14.4. The molecule has 0 aliphatic carbocycles. The molecule has 12 aromatic rings. The molecule has 3 aromatic heterocycles. The highest BCUT2D eigenvalue weighted by Gasteiger charge is 2.20.